The lowest BCUT2D eigenvalue weighted by molar-refractivity contribution is 0.102. The fourth-order valence-electron chi connectivity index (χ4n) is 1.81. The van der Waals surface area contributed by atoms with Gasteiger partial charge in [-0.1, -0.05) is 23.7 Å². The number of carbonyl (C=O) groups excluding carboxylic acids is 1. The van der Waals surface area contributed by atoms with Crippen LogP contribution in [0.25, 0.3) is 0 Å². The molecule has 0 atom stereocenters. The molecule has 0 saturated carbocycles. The van der Waals surface area contributed by atoms with Gasteiger partial charge in [-0.3, -0.25) is 4.79 Å². The Bertz CT molecular complexity index is 721. The number of halogens is 2. The fraction of sp³-hybridized carbons (Fsp3) is 0.0667. The van der Waals surface area contributed by atoms with Gasteiger partial charge in [-0.2, -0.15) is 5.26 Å². The molecular weight excluding hydrogens is 295 g/mol. The highest BCUT2D eigenvalue weighted by Gasteiger charge is 2.19. The Hall–Kier alpha value is -2.58. The predicted octanol–water partition coefficient (Wildman–Crippen LogP) is 3.61. The summed E-state index contributed by atoms with van der Waals surface area (Å²) in [7, 11) is 1.40. The summed E-state index contributed by atoms with van der Waals surface area (Å²) in [5.74, 6) is -1.19. The minimum absolute atomic E-state index is 0.0131. The Morgan fingerprint density at radius 1 is 1.33 bits per heavy atom. The van der Waals surface area contributed by atoms with Crippen molar-refractivity contribution in [2.45, 2.75) is 0 Å². The lowest BCUT2D eigenvalue weighted by atomic mass is 10.1. The smallest absolute Gasteiger partial charge is 0.260 e. The van der Waals surface area contributed by atoms with E-state index in [0.717, 1.165) is 6.07 Å². The number of amides is 1. The minimum Gasteiger partial charge on any atom is -0.495 e. The molecule has 0 fully saturated rings. The van der Waals surface area contributed by atoms with Gasteiger partial charge in [0.1, 0.15) is 23.3 Å². The molecular formula is C15H10ClFN2O2. The van der Waals surface area contributed by atoms with Crippen LogP contribution in [0, 0.1) is 17.1 Å². The van der Waals surface area contributed by atoms with E-state index >= 15 is 0 Å². The molecule has 0 aliphatic rings. The molecule has 0 aromatic heterocycles. The van der Waals surface area contributed by atoms with Gasteiger partial charge in [0.2, 0.25) is 0 Å². The van der Waals surface area contributed by atoms with Gasteiger partial charge in [0.15, 0.2) is 0 Å². The number of methoxy groups -OCH3 is 1. The number of anilines is 1. The maximum Gasteiger partial charge on any atom is 0.260 e. The Kier molecular flexibility index (Phi) is 4.41. The Balaban J connectivity index is 2.44. The van der Waals surface area contributed by atoms with Crippen LogP contribution in [0.3, 0.4) is 0 Å². The van der Waals surface area contributed by atoms with Gasteiger partial charge >= 0.3 is 0 Å². The van der Waals surface area contributed by atoms with Crippen molar-refractivity contribution in [2.24, 2.45) is 0 Å². The number of nitrogens with zero attached hydrogens (tertiary/aromatic N) is 1. The molecule has 0 unspecified atom stereocenters. The van der Waals surface area contributed by atoms with E-state index in [1.165, 1.54) is 25.3 Å². The van der Waals surface area contributed by atoms with Crippen LogP contribution in [0.15, 0.2) is 36.4 Å². The summed E-state index contributed by atoms with van der Waals surface area (Å²) in [5.41, 5.74) is 0.0935. The Labute approximate surface area is 125 Å². The molecule has 0 spiro atoms. The van der Waals surface area contributed by atoms with Crippen molar-refractivity contribution < 1.29 is 13.9 Å². The molecule has 0 heterocycles. The normalized spacial score (nSPS) is 9.81. The van der Waals surface area contributed by atoms with Crippen molar-refractivity contribution in [1.29, 1.82) is 5.26 Å². The maximum atomic E-state index is 13.7. The number of hydrogen-bond acceptors (Lipinski definition) is 3. The third-order valence-corrected chi connectivity index (χ3v) is 3.11. The molecule has 2 rings (SSSR count). The topological polar surface area (TPSA) is 62.1 Å². The quantitative estimate of drug-likeness (QED) is 0.942. The minimum atomic E-state index is -0.751. The molecule has 21 heavy (non-hydrogen) atoms. The summed E-state index contributed by atoms with van der Waals surface area (Å²) in [6.45, 7) is 0. The largest absolute Gasteiger partial charge is 0.495 e. The summed E-state index contributed by atoms with van der Waals surface area (Å²) in [4.78, 5) is 12.2. The van der Waals surface area contributed by atoms with Gasteiger partial charge in [0.25, 0.3) is 5.91 Å². The maximum absolute atomic E-state index is 13.7. The average molecular weight is 305 g/mol. The van der Waals surface area contributed by atoms with Gasteiger partial charge in [0, 0.05) is 0 Å². The first-order valence-electron chi connectivity index (χ1n) is 5.91. The highest BCUT2D eigenvalue weighted by molar-refractivity contribution is 6.34. The second-order valence-corrected chi connectivity index (χ2v) is 4.45. The van der Waals surface area contributed by atoms with E-state index in [4.69, 9.17) is 21.6 Å². The number of ether oxygens (including phenoxy) is 1. The van der Waals surface area contributed by atoms with Crippen LogP contribution in [0.1, 0.15) is 15.9 Å². The molecule has 1 N–H and O–H groups in total. The number of nitriles is 1. The molecule has 0 saturated heterocycles. The van der Waals surface area contributed by atoms with E-state index < -0.39 is 11.7 Å². The van der Waals surface area contributed by atoms with Gasteiger partial charge in [-0.05, 0) is 24.3 Å². The van der Waals surface area contributed by atoms with Crippen LogP contribution in [-0.2, 0) is 0 Å². The molecule has 106 valence electrons. The number of nitrogens with one attached hydrogen (secondary N) is 1. The SMILES string of the molecule is COc1cccc(C#N)c1NC(=O)c1c(F)cccc1Cl. The van der Waals surface area contributed by atoms with E-state index in [9.17, 15) is 9.18 Å². The number of para-hydroxylation sites is 1. The van der Waals surface area contributed by atoms with Crippen molar-refractivity contribution in [3.8, 4) is 11.8 Å². The van der Waals surface area contributed by atoms with Crippen molar-refractivity contribution in [3.63, 3.8) is 0 Å². The summed E-state index contributed by atoms with van der Waals surface area (Å²) in [6, 6.07) is 10.6. The second-order valence-electron chi connectivity index (χ2n) is 4.05. The summed E-state index contributed by atoms with van der Waals surface area (Å²) < 4.78 is 18.8. The van der Waals surface area contributed by atoms with Gasteiger partial charge in [0.05, 0.1) is 23.3 Å². The molecule has 2 aromatic rings. The first-order valence-corrected chi connectivity index (χ1v) is 6.28. The standard InChI is InChI=1S/C15H10ClFN2O2/c1-21-12-7-2-4-9(8-18)14(12)19-15(20)13-10(16)5-3-6-11(13)17/h2-7H,1H3,(H,19,20). The first kappa shape index (κ1) is 14.8. The average Bonchev–Trinajstić information content (AvgIpc) is 2.47. The van der Waals surface area contributed by atoms with E-state index in [-0.39, 0.29) is 21.8 Å². The number of benzene rings is 2. The first-order chi connectivity index (χ1) is 10.1. The molecule has 0 aliphatic heterocycles. The second kappa shape index (κ2) is 6.25. The number of rotatable bonds is 3. The molecule has 0 radical (unpaired) electrons. The molecule has 4 nitrogen and oxygen atoms in total. The van der Waals surface area contributed by atoms with Crippen molar-refractivity contribution in [1.82, 2.24) is 0 Å². The lowest BCUT2D eigenvalue weighted by Gasteiger charge is -2.12. The lowest BCUT2D eigenvalue weighted by Crippen LogP contribution is -2.16. The molecule has 2 aromatic carbocycles. The predicted molar refractivity (Wildman–Crippen MR) is 77.1 cm³/mol. The Morgan fingerprint density at radius 3 is 2.67 bits per heavy atom. The molecule has 6 heteroatoms. The van der Waals surface area contributed by atoms with Crippen LogP contribution < -0.4 is 10.1 Å². The molecule has 1 amide bonds. The summed E-state index contributed by atoms with van der Waals surface area (Å²) >= 11 is 5.84. The van der Waals surface area contributed by atoms with E-state index in [0.29, 0.717) is 5.75 Å². The molecule has 0 bridgehead atoms. The van der Waals surface area contributed by atoms with Crippen molar-refractivity contribution in [3.05, 3.63) is 58.4 Å². The van der Waals surface area contributed by atoms with Crippen LogP contribution in [0.4, 0.5) is 10.1 Å². The van der Waals surface area contributed by atoms with Crippen molar-refractivity contribution in [2.75, 3.05) is 12.4 Å². The highest BCUT2D eigenvalue weighted by Crippen LogP contribution is 2.29. The zero-order valence-corrected chi connectivity index (χ0v) is 11.7. The van der Waals surface area contributed by atoms with Crippen LogP contribution in [0.2, 0.25) is 5.02 Å². The fourth-order valence-corrected chi connectivity index (χ4v) is 2.06. The monoisotopic (exact) mass is 304 g/mol. The van der Waals surface area contributed by atoms with Crippen LogP contribution in [0.5, 0.6) is 5.75 Å². The van der Waals surface area contributed by atoms with Gasteiger partial charge in [-0.15, -0.1) is 0 Å². The summed E-state index contributed by atoms with van der Waals surface area (Å²) in [5, 5.41) is 11.5. The zero-order chi connectivity index (χ0) is 15.4. The third-order valence-electron chi connectivity index (χ3n) is 2.79. The molecule has 0 aliphatic carbocycles. The number of hydrogen-bond donors (Lipinski definition) is 1. The summed E-state index contributed by atoms with van der Waals surface area (Å²) in [6.07, 6.45) is 0. The van der Waals surface area contributed by atoms with Crippen LogP contribution in [-0.4, -0.2) is 13.0 Å². The van der Waals surface area contributed by atoms with Gasteiger partial charge in [-0.25, -0.2) is 4.39 Å². The zero-order valence-electron chi connectivity index (χ0n) is 11.0. The number of carbonyl (C=O) groups is 1. The highest BCUT2D eigenvalue weighted by atomic mass is 35.5. The van der Waals surface area contributed by atoms with Crippen molar-refractivity contribution >= 4 is 23.2 Å². The van der Waals surface area contributed by atoms with Crippen LogP contribution >= 0.6 is 11.6 Å². The third kappa shape index (κ3) is 2.96. The van der Waals surface area contributed by atoms with Gasteiger partial charge < -0.3 is 10.1 Å². The van der Waals surface area contributed by atoms with E-state index in [2.05, 4.69) is 5.32 Å². The Morgan fingerprint density at radius 2 is 2.05 bits per heavy atom. The van der Waals surface area contributed by atoms with E-state index in [1.54, 1.807) is 12.1 Å². The van der Waals surface area contributed by atoms with E-state index in [1.807, 2.05) is 6.07 Å².